The van der Waals surface area contributed by atoms with Gasteiger partial charge in [0.2, 0.25) is 0 Å². The second-order valence-electron chi connectivity index (χ2n) is 16.3. The molecule has 0 fully saturated rings. The normalized spacial score (nSPS) is 11.7. The zero-order chi connectivity index (χ0) is 43.0. The van der Waals surface area contributed by atoms with Crippen molar-refractivity contribution in [2.45, 2.75) is 39.5 Å². The van der Waals surface area contributed by atoms with Crippen LogP contribution in [-0.4, -0.2) is 0 Å². The maximum absolute atomic E-state index is 4.68. The van der Waals surface area contributed by atoms with Crippen LogP contribution < -0.4 is 9.80 Å². The largest absolute Gasteiger partial charge is 0.310 e. The van der Waals surface area contributed by atoms with Crippen molar-refractivity contribution < 1.29 is 0 Å². The molecule has 0 spiro atoms. The number of fused-ring (bicyclic) bond motifs is 1. The third-order valence-corrected chi connectivity index (χ3v) is 11.5. The molecule has 62 heavy (non-hydrogen) atoms. The van der Waals surface area contributed by atoms with Crippen LogP contribution in [0.1, 0.15) is 67.3 Å². The van der Waals surface area contributed by atoms with E-state index in [1.807, 2.05) is 6.08 Å². The maximum Gasteiger partial charge on any atom is 0.0546 e. The lowest BCUT2D eigenvalue weighted by Gasteiger charge is -2.31. The Bertz CT molecular complexity index is 2830. The van der Waals surface area contributed by atoms with Gasteiger partial charge in [0.1, 0.15) is 0 Å². The van der Waals surface area contributed by atoms with Crippen LogP contribution >= 0.6 is 0 Å². The lowest BCUT2D eigenvalue weighted by atomic mass is 9.90. The van der Waals surface area contributed by atoms with Crippen LogP contribution in [0.15, 0.2) is 226 Å². The molecule has 0 unspecified atom stereocenters. The van der Waals surface area contributed by atoms with E-state index in [1.54, 1.807) is 0 Å². The van der Waals surface area contributed by atoms with Crippen LogP contribution in [-0.2, 0) is 0 Å². The Balaban J connectivity index is 1.47. The molecule has 8 aromatic rings. The van der Waals surface area contributed by atoms with E-state index in [2.05, 4.69) is 263 Å². The van der Waals surface area contributed by atoms with Crippen LogP contribution in [0, 0.1) is 0 Å². The van der Waals surface area contributed by atoms with Crippen molar-refractivity contribution in [1.29, 1.82) is 0 Å². The second-order valence-corrected chi connectivity index (χ2v) is 16.3. The number of benzene rings is 8. The Morgan fingerprint density at radius 2 is 1.00 bits per heavy atom. The van der Waals surface area contributed by atoms with Crippen molar-refractivity contribution in [3.8, 4) is 11.1 Å². The summed E-state index contributed by atoms with van der Waals surface area (Å²) in [5.74, 6) is 0.840. The summed E-state index contributed by atoms with van der Waals surface area (Å²) in [6.07, 6.45) is 8.39. The van der Waals surface area contributed by atoms with Crippen LogP contribution in [0.3, 0.4) is 0 Å². The highest BCUT2D eigenvalue weighted by Gasteiger charge is 2.24. The van der Waals surface area contributed by atoms with E-state index >= 15 is 0 Å². The standard InChI is InChI=1S/C60H54N2/c1-7-8-29-55-56(59(40-45(6)48-21-13-9-14-22-48)61(51-25-17-11-18-26-51)53-34-30-46(31-35-53)43(2)3)38-39-57-58(55)41-50(49-23-15-10-16-24-49)42-60(57)62(52-27-19-12-20-28-52)54-36-32-47(33-37-54)44(4)5/h7-44H,1,6H2,2-5H3/b29-8-,59-40+. The van der Waals surface area contributed by atoms with Gasteiger partial charge in [-0.3, -0.25) is 0 Å². The van der Waals surface area contributed by atoms with Gasteiger partial charge < -0.3 is 9.80 Å². The Hall–Kier alpha value is -7.42. The van der Waals surface area contributed by atoms with Gasteiger partial charge in [0, 0.05) is 33.7 Å². The minimum Gasteiger partial charge on any atom is -0.310 e. The van der Waals surface area contributed by atoms with E-state index in [-0.39, 0.29) is 0 Å². The van der Waals surface area contributed by atoms with Gasteiger partial charge in [-0.2, -0.15) is 0 Å². The first-order valence-electron chi connectivity index (χ1n) is 21.6. The topological polar surface area (TPSA) is 6.48 Å². The summed E-state index contributed by atoms with van der Waals surface area (Å²) in [6.45, 7) is 17.8. The summed E-state index contributed by atoms with van der Waals surface area (Å²) in [4.78, 5) is 4.78. The van der Waals surface area contributed by atoms with Gasteiger partial charge in [0.25, 0.3) is 0 Å². The number of allylic oxidation sites excluding steroid dienone is 4. The zero-order valence-electron chi connectivity index (χ0n) is 36.2. The van der Waals surface area contributed by atoms with Crippen molar-refractivity contribution in [2.75, 3.05) is 9.80 Å². The number of hydrogen-bond acceptors (Lipinski definition) is 2. The summed E-state index contributed by atoms with van der Waals surface area (Å²) in [5, 5.41) is 2.25. The van der Waals surface area contributed by atoms with Crippen LogP contribution in [0.25, 0.3) is 39.2 Å². The first-order chi connectivity index (χ1) is 30.3. The fourth-order valence-corrected chi connectivity index (χ4v) is 8.18. The van der Waals surface area contributed by atoms with E-state index in [4.69, 9.17) is 0 Å². The second kappa shape index (κ2) is 18.9. The molecule has 0 aliphatic rings. The molecule has 0 aliphatic heterocycles. The van der Waals surface area contributed by atoms with Crippen molar-refractivity contribution in [3.05, 3.63) is 253 Å². The van der Waals surface area contributed by atoms with E-state index in [9.17, 15) is 0 Å². The molecule has 0 radical (unpaired) electrons. The number of nitrogens with zero attached hydrogens (tertiary/aromatic N) is 2. The maximum atomic E-state index is 4.68. The summed E-state index contributed by atoms with van der Waals surface area (Å²) in [5.41, 5.74) is 15.4. The van der Waals surface area contributed by atoms with Crippen LogP contribution in [0.5, 0.6) is 0 Å². The molecule has 0 saturated carbocycles. The van der Waals surface area contributed by atoms with E-state index < -0.39 is 0 Å². The lowest BCUT2D eigenvalue weighted by molar-refractivity contribution is 0.866. The summed E-state index contributed by atoms with van der Waals surface area (Å²) in [6, 6.07) is 69.9. The predicted octanol–water partition coefficient (Wildman–Crippen LogP) is 17.3. The zero-order valence-corrected chi connectivity index (χ0v) is 36.2. The van der Waals surface area contributed by atoms with E-state index in [0.717, 1.165) is 78.3 Å². The number of para-hydroxylation sites is 2. The van der Waals surface area contributed by atoms with Gasteiger partial charge in [0.15, 0.2) is 0 Å². The van der Waals surface area contributed by atoms with Crippen LogP contribution in [0.4, 0.5) is 28.4 Å². The molecule has 8 aromatic carbocycles. The Morgan fingerprint density at radius 1 is 0.500 bits per heavy atom. The fourth-order valence-electron chi connectivity index (χ4n) is 8.18. The molecule has 0 heterocycles. The first kappa shape index (κ1) is 41.3. The summed E-state index contributed by atoms with van der Waals surface area (Å²) >= 11 is 0. The molecule has 304 valence electrons. The molecular weight excluding hydrogens is 749 g/mol. The molecular formula is C60H54N2. The Labute approximate surface area is 368 Å². The molecule has 2 heteroatoms. The van der Waals surface area contributed by atoms with E-state index in [1.165, 1.54) is 11.1 Å². The average Bonchev–Trinajstić information content (AvgIpc) is 3.32. The van der Waals surface area contributed by atoms with Gasteiger partial charge in [-0.05, 0) is 123 Å². The summed E-state index contributed by atoms with van der Waals surface area (Å²) < 4.78 is 0. The lowest BCUT2D eigenvalue weighted by Crippen LogP contribution is -2.17. The minimum atomic E-state index is 0.412. The van der Waals surface area contributed by atoms with Gasteiger partial charge in [-0.15, -0.1) is 0 Å². The smallest absolute Gasteiger partial charge is 0.0546 e. The number of anilines is 5. The Kier molecular flexibility index (Phi) is 12.6. The molecule has 0 aromatic heterocycles. The molecule has 0 saturated heterocycles. The molecule has 2 nitrogen and oxygen atoms in total. The van der Waals surface area contributed by atoms with Gasteiger partial charge in [-0.25, -0.2) is 0 Å². The third-order valence-electron chi connectivity index (χ3n) is 11.5. The van der Waals surface area contributed by atoms with Crippen molar-refractivity contribution >= 4 is 56.6 Å². The van der Waals surface area contributed by atoms with Crippen molar-refractivity contribution in [3.63, 3.8) is 0 Å². The van der Waals surface area contributed by atoms with Gasteiger partial charge in [0.05, 0.1) is 11.4 Å². The fraction of sp³-hybridized carbons (Fsp3) is 0.100. The predicted molar refractivity (Wildman–Crippen MR) is 270 cm³/mol. The minimum absolute atomic E-state index is 0.412. The molecule has 0 aliphatic carbocycles. The van der Waals surface area contributed by atoms with E-state index in [0.29, 0.717) is 11.8 Å². The van der Waals surface area contributed by atoms with Gasteiger partial charge >= 0.3 is 0 Å². The monoisotopic (exact) mass is 802 g/mol. The third kappa shape index (κ3) is 8.87. The average molecular weight is 803 g/mol. The SMILES string of the molecule is C=C/C=C\c1c(/C(=C\C(=C)c2ccccc2)N(c2ccccc2)c2ccc(C(C)C)cc2)ccc2c(N(c3ccccc3)c3ccc(C(C)C)cc3)cc(-c3ccccc3)cc12. The molecule has 0 atom stereocenters. The van der Waals surface area contributed by atoms with Crippen molar-refractivity contribution in [2.24, 2.45) is 0 Å². The Morgan fingerprint density at radius 3 is 1.56 bits per heavy atom. The molecule has 0 bridgehead atoms. The van der Waals surface area contributed by atoms with Crippen molar-refractivity contribution in [1.82, 2.24) is 0 Å². The highest BCUT2D eigenvalue weighted by atomic mass is 15.2. The van der Waals surface area contributed by atoms with Gasteiger partial charge in [-0.1, -0.05) is 193 Å². The number of hydrogen-bond donors (Lipinski definition) is 0. The summed E-state index contributed by atoms with van der Waals surface area (Å²) in [7, 11) is 0. The van der Waals surface area contributed by atoms with Crippen LogP contribution in [0.2, 0.25) is 0 Å². The molecule has 0 amide bonds. The molecule has 0 N–H and O–H groups in total. The highest BCUT2D eigenvalue weighted by molar-refractivity contribution is 6.09. The quantitative estimate of drug-likeness (QED) is 0.101. The molecule has 8 rings (SSSR count). The first-order valence-corrected chi connectivity index (χ1v) is 21.6. The highest BCUT2D eigenvalue weighted by Crippen LogP contribution is 2.46. The number of rotatable bonds is 14.